The minimum absolute atomic E-state index is 0.371. The Labute approximate surface area is 203 Å². The maximum absolute atomic E-state index is 4.87. The SMILES string of the molecule is Cc1cccc(CN(Cc2ccccc2)C2CCCCC2Nc2cccc3ccc(C)nc23)n1. The van der Waals surface area contributed by atoms with Crippen molar-refractivity contribution >= 4 is 16.6 Å². The molecule has 1 N–H and O–H groups in total. The quantitative estimate of drug-likeness (QED) is 0.341. The first-order chi connectivity index (χ1) is 16.7. The lowest BCUT2D eigenvalue weighted by molar-refractivity contribution is 0.127. The van der Waals surface area contributed by atoms with Crippen LogP contribution >= 0.6 is 0 Å². The van der Waals surface area contributed by atoms with Gasteiger partial charge in [0.05, 0.1) is 16.9 Å². The van der Waals surface area contributed by atoms with Gasteiger partial charge in [-0.25, -0.2) is 0 Å². The molecular weight excluding hydrogens is 416 g/mol. The Morgan fingerprint density at radius 3 is 2.41 bits per heavy atom. The molecule has 5 rings (SSSR count). The highest BCUT2D eigenvalue weighted by molar-refractivity contribution is 5.90. The van der Waals surface area contributed by atoms with Crippen LogP contribution in [0.3, 0.4) is 0 Å². The van der Waals surface area contributed by atoms with Crippen LogP contribution in [-0.2, 0) is 13.1 Å². The second-order valence-corrected chi connectivity index (χ2v) is 9.59. The third kappa shape index (κ3) is 5.28. The minimum atomic E-state index is 0.371. The fraction of sp³-hybridized carbons (Fsp3) is 0.333. The second-order valence-electron chi connectivity index (χ2n) is 9.59. The van der Waals surface area contributed by atoms with Gasteiger partial charge in [0.15, 0.2) is 0 Å². The number of benzene rings is 2. The Bertz CT molecular complexity index is 1240. The number of nitrogens with one attached hydrogen (secondary N) is 1. The first-order valence-electron chi connectivity index (χ1n) is 12.5. The number of anilines is 1. The molecule has 1 aliphatic carbocycles. The van der Waals surface area contributed by atoms with Crippen molar-refractivity contribution in [1.82, 2.24) is 14.9 Å². The van der Waals surface area contributed by atoms with Crippen molar-refractivity contribution in [3.8, 4) is 0 Å². The highest BCUT2D eigenvalue weighted by Crippen LogP contribution is 2.31. The van der Waals surface area contributed by atoms with Crippen LogP contribution in [0.5, 0.6) is 0 Å². The number of pyridine rings is 2. The molecule has 4 aromatic rings. The first-order valence-corrected chi connectivity index (χ1v) is 12.5. The van der Waals surface area contributed by atoms with Crippen molar-refractivity contribution in [1.29, 1.82) is 0 Å². The normalized spacial score (nSPS) is 18.3. The number of nitrogens with zero attached hydrogens (tertiary/aromatic N) is 3. The molecule has 2 unspecified atom stereocenters. The van der Waals surface area contributed by atoms with Gasteiger partial charge in [-0.3, -0.25) is 14.9 Å². The molecule has 0 aliphatic heterocycles. The van der Waals surface area contributed by atoms with Crippen molar-refractivity contribution < 1.29 is 0 Å². The lowest BCUT2D eigenvalue weighted by Gasteiger charge is -2.41. The Kier molecular flexibility index (Phi) is 6.87. The molecule has 0 bridgehead atoms. The molecule has 4 nitrogen and oxygen atoms in total. The fourth-order valence-electron chi connectivity index (χ4n) is 5.28. The molecule has 0 spiro atoms. The van der Waals surface area contributed by atoms with E-state index in [-0.39, 0.29) is 0 Å². The number of aromatic nitrogens is 2. The van der Waals surface area contributed by atoms with E-state index >= 15 is 0 Å². The summed E-state index contributed by atoms with van der Waals surface area (Å²) < 4.78 is 0. The van der Waals surface area contributed by atoms with Gasteiger partial charge in [0.2, 0.25) is 0 Å². The third-order valence-electron chi connectivity index (χ3n) is 6.94. The van der Waals surface area contributed by atoms with E-state index in [9.17, 15) is 0 Å². The zero-order valence-electron chi connectivity index (χ0n) is 20.2. The van der Waals surface area contributed by atoms with E-state index in [1.54, 1.807) is 0 Å². The van der Waals surface area contributed by atoms with Crippen LogP contribution in [0.1, 0.15) is 48.3 Å². The van der Waals surface area contributed by atoms with Crippen LogP contribution < -0.4 is 5.32 Å². The van der Waals surface area contributed by atoms with Gasteiger partial charge in [-0.1, -0.05) is 67.4 Å². The van der Waals surface area contributed by atoms with Gasteiger partial charge in [-0.15, -0.1) is 0 Å². The van der Waals surface area contributed by atoms with Crippen molar-refractivity contribution in [3.63, 3.8) is 0 Å². The molecule has 2 aromatic carbocycles. The molecule has 34 heavy (non-hydrogen) atoms. The summed E-state index contributed by atoms with van der Waals surface area (Å²) in [5.74, 6) is 0. The van der Waals surface area contributed by atoms with E-state index in [0.29, 0.717) is 12.1 Å². The predicted molar refractivity (Wildman–Crippen MR) is 141 cm³/mol. The summed E-state index contributed by atoms with van der Waals surface area (Å²) in [5, 5.41) is 5.13. The molecule has 1 fully saturated rings. The van der Waals surface area contributed by atoms with Crippen molar-refractivity contribution in [2.45, 2.75) is 64.7 Å². The van der Waals surface area contributed by atoms with Crippen LogP contribution in [0, 0.1) is 13.8 Å². The lowest BCUT2D eigenvalue weighted by atomic mass is 9.88. The summed E-state index contributed by atoms with van der Waals surface area (Å²) in [6.07, 6.45) is 4.88. The maximum atomic E-state index is 4.87. The van der Waals surface area contributed by atoms with Gasteiger partial charge >= 0.3 is 0 Å². The average Bonchev–Trinajstić information content (AvgIpc) is 2.85. The minimum Gasteiger partial charge on any atom is -0.379 e. The van der Waals surface area contributed by atoms with Gasteiger partial charge in [0.25, 0.3) is 0 Å². The fourth-order valence-corrected chi connectivity index (χ4v) is 5.28. The predicted octanol–water partition coefficient (Wildman–Crippen LogP) is 6.67. The number of hydrogen-bond donors (Lipinski definition) is 1. The molecule has 0 radical (unpaired) electrons. The van der Waals surface area contributed by atoms with Crippen molar-refractivity contribution in [3.05, 3.63) is 102 Å². The van der Waals surface area contributed by atoms with Crippen molar-refractivity contribution in [2.75, 3.05) is 5.32 Å². The molecule has 2 heterocycles. The summed E-state index contributed by atoms with van der Waals surface area (Å²) >= 11 is 0. The zero-order chi connectivity index (χ0) is 23.3. The summed E-state index contributed by atoms with van der Waals surface area (Å²) in [6, 6.07) is 28.7. The largest absolute Gasteiger partial charge is 0.379 e. The van der Waals surface area contributed by atoms with Crippen LogP contribution in [0.15, 0.2) is 78.9 Å². The van der Waals surface area contributed by atoms with Gasteiger partial charge in [-0.05, 0) is 56.5 Å². The van der Waals surface area contributed by atoms with E-state index in [1.165, 1.54) is 36.6 Å². The summed E-state index contributed by atoms with van der Waals surface area (Å²) in [5.41, 5.74) is 6.84. The smallest absolute Gasteiger partial charge is 0.0936 e. The summed E-state index contributed by atoms with van der Waals surface area (Å²) in [6.45, 7) is 5.92. The third-order valence-corrected chi connectivity index (χ3v) is 6.94. The Balaban J connectivity index is 1.45. The molecule has 174 valence electrons. The topological polar surface area (TPSA) is 41.0 Å². The van der Waals surface area contributed by atoms with E-state index < -0.39 is 0 Å². The number of hydrogen-bond acceptors (Lipinski definition) is 4. The second kappa shape index (κ2) is 10.4. The zero-order valence-corrected chi connectivity index (χ0v) is 20.2. The van der Waals surface area contributed by atoms with Crippen LogP contribution in [-0.4, -0.2) is 27.0 Å². The van der Waals surface area contributed by atoms with Crippen LogP contribution in [0.4, 0.5) is 5.69 Å². The summed E-state index contributed by atoms with van der Waals surface area (Å²) in [7, 11) is 0. The van der Waals surface area contributed by atoms with E-state index in [0.717, 1.165) is 41.4 Å². The lowest BCUT2D eigenvalue weighted by Crippen LogP contribution is -2.48. The van der Waals surface area contributed by atoms with Gasteiger partial charge in [0, 0.05) is 41.9 Å². The number of rotatable bonds is 7. The Hall–Kier alpha value is -3.24. The number of aryl methyl sites for hydroxylation is 2. The monoisotopic (exact) mass is 450 g/mol. The average molecular weight is 451 g/mol. The van der Waals surface area contributed by atoms with E-state index in [2.05, 4.69) is 103 Å². The maximum Gasteiger partial charge on any atom is 0.0936 e. The first kappa shape index (κ1) is 22.5. The number of para-hydroxylation sites is 1. The van der Waals surface area contributed by atoms with Gasteiger partial charge in [-0.2, -0.15) is 0 Å². The highest BCUT2D eigenvalue weighted by Gasteiger charge is 2.31. The van der Waals surface area contributed by atoms with Gasteiger partial charge < -0.3 is 5.32 Å². The Morgan fingerprint density at radius 2 is 1.56 bits per heavy atom. The van der Waals surface area contributed by atoms with Crippen molar-refractivity contribution in [2.24, 2.45) is 0 Å². The van der Waals surface area contributed by atoms with E-state index in [4.69, 9.17) is 9.97 Å². The molecular formula is C30H34N4. The highest BCUT2D eigenvalue weighted by atomic mass is 15.2. The van der Waals surface area contributed by atoms with Crippen LogP contribution in [0.25, 0.3) is 10.9 Å². The Morgan fingerprint density at radius 1 is 0.765 bits per heavy atom. The molecule has 2 atom stereocenters. The molecule has 0 amide bonds. The molecule has 0 saturated heterocycles. The summed E-state index contributed by atoms with van der Waals surface area (Å²) in [4.78, 5) is 12.3. The van der Waals surface area contributed by atoms with E-state index in [1.807, 2.05) is 0 Å². The molecule has 1 aliphatic rings. The number of fused-ring (bicyclic) bond motifs is 1. The molecule has 2 aromatic heterocycles. The standard InChI is InChI=1S/C30H34N4/c1-22-10-8-14-26(31-22)21-34(20-24-11-4-3-5-12-24)29-17-7-6-15-27(29)33-28-16-9-13-25-19-18-23(2)32-30(25)28/h3-5,8-14,16,18-19,27,29,33H,6-7,15,17,20-21H2,1-2H3. The van der Waals surface area contributed by atoms with Crippen LogP contribution in [0.2, 0.25) is 0 Å². The molecule has 4 heteroatoms. The molecule has 1 saturated carbocycles. The van der Waals surface area contributed by atoms with Gasteiger partial charge in [0.1, 0.15) is 0 Å².